The van der Waals surface area contributed by atoms with Gasteiger partial charge in [0.25, 0.3) is 12.3 Å². The van der Waals surface area contributed by atoms with Gasteiger partial charge in [-0.2, -0.15) is 10.2 Å². The van der Waals surface area contributed by atoms with Crippen LogP contribution in [0.4, 0.5) is 20.3 Å². The minimum atomic E-state index is -2.85. The molecule has 0 spiro atoms. The molecule has 4 saturated heterocycles. The van der Waals surface area contributed by atoms with Crippen molar-refractivity contribution in [2.75, 3.05) is 49.6 Å². The Morgan fingerprint density at radius 1 is 1.03 bits per heavy atom. The fourth-order valence-electron chi connectivity index (χ4n) is 9.22. The van der Waals surface area contributed by atoms with Gasteiger partial charge >= 0.3 is 0 Å². The molecule has 14 nitrogen and oxygen atoms in total. The Morgan fingerprint density at radius 2 is 1.84 bits per heavy atom. The first-order valence-electron chi connectivity index (χ1n) is 20.4. The van der Waals surface area contributed by atoms with Crippen molar-refractivity contribution in [1.82, 2.24) is 34.6 Å². The second-order valence-corrected chi connectivity index (χ2v) is 16.2. The predicted molar refractivity (Wildman–Crippen MR) is 208 cm³/mol. The van der Waals surface area contributed by atoms with Gasteiger partial charge in [-0.05, 0) is 81.0 Å². The molecule has 9 rings (SSSR count). The minimum absolute atomic E-state index is 0.00314. The molecule has 4 aliphatic heterocycles. The number of anilines is 2. The van der Waals surface area contributed by atoms with E-state index in [4.69, 9.17) is 14.5 Å². The van der Waals surface area contributed by atoms with Gasteiger partial charge in [0.1, 0.15) is 18.0 Å². The summed E-state index contributed by atoms with van der Waals surface area (Å²) >= 11 is 0. The average Bonchev–Trinajstić information content (AvgIpc) is 4.05. The number of nitrogens with zero attached hydrogens (tertiary/aromatic N) is 7. The first-order valence-corrected chi connectivity index (χ1v) is 20.4. The molecule has 1 unspecified atom stereocenters. The number of likely N-dealkylation sites (tertiary alicyclic amines) is 1. The summed E-state index contributed by atoms with van der Waals surface area (Å²) in [6.45, 7) is 4.65. The van der Waals surface area contributed by atoms with Crippen molar-refractivity contribution in [1.29, 1.82) is 0 Å². The molecule has 58 heavy (non-hydrogen) atoms. The van der Waals surface area contributed by atoms with Crippen molar-refractivity contribution in [3.05, 3.63) is 71.3 Å². The number of alkyl halides is 2. The van der Waals surface area contributed by atoms with Gasteiger partial charge in [-0.15, -0.1) is 0 Å². The number of carbonyl (C=O) groups excluding carboxylic acids is 3. The second kappa shape index (κ2) is 16.6. The Bertz CT molecular complexity index is 2220. The zero-order chi connectivity index (χ0) is 39.8. The largest absolute Gasteiger partial charge is 0.374 e. The van der Waals surface area contributed by atoms with E-state index in [1.54, 1.807) is 17.1 Å². The van der Waals surface area contributed by atoms with Crippen LogP contribution in [-0.4, -0.2) is 105 Å². The lowest BCUT2D eigenvalue weighted by Crippen LogP contribution is -2.40. The van der Waals surface area contributed by atoms with E-state index in [-0.39, 0.29) is 53.3 Å². The summed E-state index contributed by atoms with van der Waals surface area (Å²) in [6.07, 6.45) is 9.52. The highest BCUT2D eigenvalue weighted by Crippen LogP contribution is 2.36. The summed E-state index contributed by atoms with van der Waals surface area (Å²) < 4.78 is 43.4. The number of rotatable bonds is 10. The zero-order valence-corrected chi connectivity index (χ0v) is 32.2. The number of fused-ring (bicyclic) bond motifs is 3. The van der Waals surface area contributed by atoms with E-state index >= 15 is 0 Å². The molecule has 1 saturated carbocycles. The van der Waals surface area contributed by atoms with Crippen LogP contribution < -0.4 is 15.5 Å². The van der Waals surface area contributed by atoms with Crippen molar-refractivity contribution in [3.63, 3.8) is 0 Å². The normalized spacial score (nSPS) is 25.3. The Balaban J connectivity index is 0.725. The third kappa shape index (κ3) is 8.21. The van der Waals surface area contributed by atoms with Gasteiger partial charge in [-0.3, -0.25) is 24.4 Å². The third-order valence-corrected chi connectivity index (χ3v) is 12.4. The summed E-state index contributed by atoms with van der Waals surface area (Å²) in [6, 6.07) is 9.69. The smallest absolute Gasteiger partial charge is 0.284 e. The molecule has 3 aromatic heterocycles. The van der Waals surface area contributed by atoms with Crippen molar-refractivity contribution in [3.8, 4) is 11.8 Å². The molecular weight excluding hydrogens is 749 g/mol. The molecule has 304 valence electrons. The molecule has 2 bridgehead atoms. The molecular formula is C42H47F2N9O5. The minimum Gasteiger partial charge on any atom is -0.374 e. The topological polar surface area (TPSA) is 148 Å². The van der Waals surface area contributed by atoms with Crippen LogP contribution in [0.1, 0.15) is 103 Å². The zero-order valence-electron chi connectivity index (χ0n) is 32.2. The molecule has 1 aromatic carbocycles. The lowest BCUT2D eigenvalue weighted by Gasteiger charge is -2.36. The van der Waals surface area contributed by atoms with E-state index in [9.17, 15) is 23.2 Å². The van der Waals surface area contributed by atoms with Gasteiger partial charge in [-0.1, -0.05) is 24.0 Å². The molecule has 5 aliphatic rings. The Morgan fingerprint density at radius 3 is 2.57 bits per heavy atom. The van der Waals surface area contributed by atoms with E-state index < -0.39 is 18.0 Å². The van der Waals surface area contributed by atoms with Crippen LogP contribution in [-0.2, 0) is 19.1 Å². The first kappa shape index (κ1) is 38.3. The number of ether oxygens (including phenoxy) is 2. The second-order valence-electron chi connectivity index (χ2n) is 16.2. The van der Waals surface area contributed by atoms with Gasteiger partial charge in [0, 0.05) is 50.6 Å². The summed E-state index contributed by atoms with van der Waals surface area (Å²) in [7, 11) is 0. The molecule has 0 radical (unpaired) electrons. The van der Waals surface area contributed by atoms with Crippen molar-refractivity contribution in [2.45, 2.75) is 94.4 Å². The maximum Gasteiger partial charge on any atom is 0.284 e. The van der Waals surface area contributed by atoms with Crippen LogP contribution in [0.15, 0.2) is 48.9 Å². The fourth-order valence-corrected chi connectivity index (χ4v) is 9.22. The number of hydrogen-bond donors (Lipinski definition) is 2. The number of nitrogens with one attached hydrogen (secondary N) is 2. The van der Waals surface area contributed by atoms with Crippen molar-refractivity contribution >= 4 is 34.9 Å². The number of hydrogen-bond acceptors (Lipinski definition) is 10. The van der Waals surface area contributed by atoms with Gasteiger partial charge in [0.15, 0.2) is 11.3 Å². The lowest BCUT2D eigenvalue weighted by molar-refractivity contribution is -0.134. The lowest BCUT2D eigenvalue weighted by atomic mass is 9.85. The van der Waals surface area contributed by atoms with Gasteiger partial charge in [0.2, 0.25) is 11.8 Å². The van der Waals surface area contributed by atoms with Crippen molar-refractivity contribution < 1.29 is 32.6 Å². The number of piperidine rings is 2. The highest BCUT2D eigenvalue weighted by molar-refractivity contribution is 6.08. The molecule has 1 aliphatic carbocycles. The third-order valence-electron chi connectivity index (χ3n) is 12.4. The standard InChI is InChI=1S/C42H47F2N9O5/c43-39(44)38-35(46-42(56)34-21-45-52-18-15-36(47-40(34)52)51-23-32-20-30(51)25-58-32)24-53(49-38)29-9-5-27(6-10-29)22-50-16-13-31(14-17-50)57-19-1-2-26-3-7-28(8-4-26)33-11-12-37(54)48-41(33)55/h3-4,7-8,15,18,21,24,27,29-33,39H,5-6,9-14,16-17,19-20,22-23,25H2,(H,46,56)(H,48,54,55)/t27?,29?,30-,32-,33?/m1/s1. The van der Waals surface area contributed by atoms with Gasteiger partial charge in [0.05, 0.1) is 48.7 Å². The predicted octanol–water partition coefficient (Wildman–Crippen LogP) is 4.88. The van der Waals surface area contributed by atoms with Crippen LogP contribution in [0.25, 0.3) is 5.65 Å². The number of halogens is 2. The number of amides is 3. The summed E-state index contributed by atoms with van der Waals surface area (Å²) in [5, 5.41) is 13.7. The number of benzene rings is 1. The molecule has 2 N–H and O–H groups in total. The van der Waals surface area contributed by atoms with Crippen molar-refractivity contribution in [2.24, 2.45) is 5.92 Å². The van der Waals surface area contributed by atoms with Crippen LogP contribution in [0.2, 0.25) is 0 Å². The van der Waals surface area contributed by atoms with E-state index in [0.29, 0.717) is 37.6 Å². The monoisotopic (exact) mass is 795 g/mol. The van der Waals surface area contributed by atoms with Crippen LogP contribution in [0.5, 0.6) is 0 Å². The van der Waals surface area contributed by atoms with Crippen LogP contribution >= 0.6 is 0 Å². The number of morpholine rings is 1. The summed E-state index contributed by atoms with van der Waals surface area (Å²) in [5.74, 6) is 6.18. The van der Waals surface area contributed by atoms with E-state index in [0.717, 1.165) is 88.1 Å². The number of aromatic nitrogens is 5. The quantitative estimate of drug-likeness (QED) is 0.168. The summed E-state index contributed by atoms with van der Waals surface area (Å²) in [4.78, 5) is 46.5. The van der Waals surface area contributed by atoms with Crippen LogP contribution in [0, 0.1) is 17.8 Å². The maximum atomic E-state index is 14.2. The van der Waals surface area contributed by atoms with Gasteiger partial charge in [-0.25, -0.2) is 18.3 Å². The Labute approximate surface area is 334 Å². The van der Waals surface area contributed by atoms with E-state index in [1.807, 2.05) is 30.3 Å². The van der Waals surface area contributed by atoms with Crippen LogP contribution in [0.3, 0.4) is 0 Å². The summed E-state index contributed by atoms with van der Waals surface area (Å²) in [5.41, 5.74) is 1.86. The molecule has 4 aromatic rings. The fraction of sp³-hybridized carbons (Fsp3) is 0.524. The Kier molecular flexibility index (Phi) is 10.9. The highest BCUT2D eigenvalue weighted by Gasteiger charge is 2.40. The SMILES string of the molecule is O=C1CCC(c2ccc(C#CCOC3CCN(CC4CCC(n5cc(NC(=O)c6cnn7ccc(N8C[C@H]9C[C@@H]8CO9)nc67)c(C(F)F)n5)CC4)CC3)cc2)C(=O)N1. The Hall–Kier alpha value is -5.24. The van der Waals surface area contributed by atoms with Gasteiger partial charge < -0.3 is 24.6 Å². The average molecular weight is 796 g/mol. The van der Waals surface area contributed by atoms with E-state index in [1.165, 1.54) is 10.7 Å². The van der Waals surface area contributed by atoms with E-state index in [2.05, 4.69) is 42.5 Å². The first-order chi connectivity index (χ1) is 28.2. The number of carbonyl (C=O) groups is 3. The number of imide groups is 1. The maximum absolute atomic E-state index is 14.2. The molecule has 3 atom stereocenters. The highest BCUT2D eigenvalue weighted by atomic mass is 19.3. The molecule has 16 heteroatoms. The molecule has 3 amide bonds. The molecule has 5 fully saturated rings. The molecule has 7 heterocycles.